The lowest BCUT2D eigenvalue weighted by molar-refractivity contribution is -0.138. The number of halogens is 1. The van der Waals surface area contributed by atoms with Crippen LogP contribution in [0, 0.1) is 5.92 Å². The average molecular weight is 270 g/mol. The van der Waals surface area contributed by atoms with E-state index < -0.39 is 5.97 Å². The van der Waals surface area contributed by atoms with Crippen molar-refractivity contribution in [2.24, 2.45) is 5.92 Å². The zero-order valence-electron chi connectivity index (χ0n) is 10.4. The third-order valence-electron chi connectivity index (χ3n) is 3.30. The molecule has 98 valence electrons. The summed E-state index contributed by atoms with van der Waals surface area (Å²) in [6, 6.07) is 5.58. The van der Waals surface area contributed by atoms with E-state index in [1.807, 2.05) is 24.1 Å². The number of carbonyl (C=O) groups is 1. The molecule has 4 nitrogen and oxygen atoms in total. The van der Waals surface area contributed by atoms with Crippen LogP contribution in [-0.2, 0) is 11.3 Å². The number of ether oxygens (including phenoxy) is 1. The lowest BCUT2D eigenvalue weighted by Crippen LogP contribution is -2.23. The van der Waals surface area contributed by atoms with Crippen molar-refractivity contribution >= 4 is 17.6 Å². The third kappa shape index (κ3) is 2.76. The lowest BCUT2D eigenvalue weighted by atomic mass is 10.2. The van der Waals surface area contributed by atoms with Gasteiger partial charge in [0.1, 0.15) is 5.75 Å². The first-order valence-corrected chi connectivity index (χ1v) is 6.16. The van der Waals surface area contributed by atoms with Crippen molar-refractivity contribution < 1.29 is 14.6 Å². The first-order valence-electron chi connectivity index (χ1n) is 5.78. The SMILES string of the molecule is COc1ccc(Cl)cc1CN(C)C1CC1C(=O)O. The Bertz CT molecular complexity index is 464. The highest BCUT2D eigenvalue weighted by atomic mass is 35.5. The van der Waals surface area contributed by atoms with Crippen LogP contribution in [0.5, 0.6) is 5.75 Å². The fraction of sp³-hybridized carbons (Fsp3) is 0.462. The Balaban J connectivity index is 2.05. The van der Waals surface area contributed by atoms with Gasteiger partial charge in [0.15, 0.2) is 0 Å². The minimum Gasteiger partial charge on any atom is -0.496 e. The van der Waals surface area contributed by atoms with Crippen molar-refractivity contribution in [2.45, 2.75) is 19.0 Å². The number of hydrogen-bond acceptors (Lipinski definition) is 3. The molecule has 0 saturated heterocycles. The highest BCUT2D eigenvalue weighted by Crippen LogP contribution is 2.36. The van der Waals surface area contributed by atoms with E-state index in [2.05, 4.69) is 0 Å². The summed E-state index contributed by atoms with van der Waals surface area (Å²) in [5, 5.41) is 9.57. The molecule has 18 heavy (non-hydrogen) atoms. The first kappa shape index (κ1) is 13.2. The van der Waals surface area contributed by atoms with E-state index in [4.69, 9.17) is 21.4 Å². The van der Waals surface area contributed by atoms with Crippen molar-refractivity contribution in [1.29, 1.82) is 0 Å². The molecular weight excluding hydrogens is 254 g/mol. The summed E-state index contributed by atoms with van der Waals surface area (Å²) in [6.07, 6.45) is 0.717. The van der Waals surface area contributed by atoms with Gasteiger partial charge in [0, 0.05) is 23.2 Å². The molecule has 0 aliphatic heterocycles. The number of methoxy groups -OCH3 is 1. The maximum absolute atomic E-state index is 10.8. The monoisotopic (exact) mass is 269 g/mol. The molecule has 0 aromatic heterocycles. The second-order valence-corrected chi connectivity index (χ2v) is 5.06. The Labute approximate surface area is 111 Å². The van der Waals surface area contributed by atoms with E-state index >= 15 is 0 Å². The molecule has 1 N–H and O–H groups in total. The van der Waals surface area contributed by atoms with Crippen LogP contribution in [0.1, 0.15) is 12.0 Å². The van der Waals surface area contributed by atoms with Gasteiger partial charge in [-0.1, -0.05) is 11.6 Å². The lowest BCUT2D eigenvalue weighted by Gasteiger charge is -2.18. The van der Waals surface area contributed by atoms with Gasteiger partial charge < -0.3 is 9.84 Å². The Kier molecular flexibility index (Phi) is 3.78. The van der Waals surface area contributed by atoms with Crippen LogP contribution < -0.4 is 4.74 Å². The second kappa shape index (κ2) is 5.16. The smallest absolute Gasteiger partial charge is 0.308 e. The van der Waals surface area contributed by atoms with Crippen molar-refractivity contribution in [3.05, 3.63) is 28.8 Å². The maximum Gasteiger partial charge on any atom is 0.308 e. The normalized spacial score (nSPS) is 22.0. The molecule has 2 atom stereocenters. The molecule has 1 aromatic carbocycles. The summed E-state index contributed by atoms with van der Waals surface area (Å²) >= 11 is 5.96. The van der Waals surface area contributed by atoms with Crippen LogP contribution in [-0.4, -0.2) is 36.2 Å². The number of carboxylic acids is 1. The quantitative estimate of drug-likeness (QED) is 0.891. The Morgan fingerprint density at radius 3 is 2.89 bits per heavy atom. The number of carboxylic acid groups (broad SMARTS) is 1. The van der Waals surface area contributed by atoms with Gasteiger partial charge in [0.25, 0.3) is 0 Å². The molecule has 0 amide bonds. The topological polar surface area (TPSA) is 49.8 Å². The predicted molar refractivity (Wildman–Crippen MR) is 69.0 cm³/mol. The zero-order chi connectivity index (χ0) is 13.3. The molecule has 2 unspecified atom stereocenters. The van der Waals surface area contributed by atoms with Crippen molar-refractivity contribution in [3.8, 4) is 5.75 Å². The molecule has 1 aliphatic rings. The third-order valence-corrected chi connectivity index (χ3v) is 3.54. The fourth-order valence-corrected chi connectivity index (χ4v) is 2.39. The molecule has 5 heteroatoms. The van der Waals surface area contributed by atoms with E-state index in [9.17, 15) is 4.79 Å². The van der Waals surface area contributed by atoms with E-state index in [1.165, 1.54) is 0 Å². The largest absolute Gasteiger partial charge is 0.496 e. The van der Waals surface area contributed by atoms with Gasteiger partial charge in [0.2, 0.25) is 0 Å². The Morgan fingerprint density at radius 1 is 1.61 bits per heavy atom. The van der Waals surface area contributed by atoms with Gasteiger partial charge in [-0.15, -0.1) is 0 Å². The van der Waals surface area contributed by atoms with Crippen LogP contribution in [0.3, 0.4) is 0 Å². The molecule has 0 bridgehead atoms. The van der Waals surface area contributed by atoms with Gasteiger partial charge in [0.05, 0.1) is 13.0 Å². The zero-order valence-corrected chi connectivity index (χ0v) is 11.1. The van der Waals surface area contributed by atoms with Crippen LogP contribution in [0.15, 0.2) is 18.2 Å². The summed E-state index contributed by atoms with van der Waals surface area (Å²) in [7, 11) is 3.54. The Morgan fingerprint density at radius 2 is 2.33 bits per heavy atom. The summed E-state index contributed by atoms with van der Waals surface area (Å²) in [6.45, 7) is 0.637. The van der Waals surface area contributed by atoms with Crippen LogP contribution in [0.25, 0.3) is 0 Å². The van der Waals surface area contributed by atoms with Gasteiger partial charge >= 0.3 is 5.97 Å². The number of hydrogen-bond donors (Lipinski definition) is 1. The molecule has 2 rings (SSSR count). The molecule has 0 heterocycles. The second-order valence-electron chi connectivity index (χ2n) is 4.62. The van der Waals surface area contributed by atoms with Crippen LogP contribution in [0.4, 0.5) is 0 Å². The molecule has 1 saturated carbocycles. The average Bonchev–Trinajstić information content (AvgIpc) is 3.09. The van der Waals surface area contributed by atoms with E-state index in [0.29, 0.717) is 18.0 Å². The number of nitrogens with zero attached hydrogens (tertiary/aromatic N) is 1. The molecule has 1 aliphatic carbocycles. The molecule has 1 aromatic rings. The minimum absolute atomic E-state index is 0.117. The maximum atomic E-state index is 10.8. The Hall–Kier alpha value is -1.26. The van der Waals surface area contributed by atoms with Gasteiger partial charge in [-0.25, -0.2) is 0 Å². The predicted octanol–water partition coefficient (Wildman–Crippen LogP) is 2.25. The van der Waals surface area contributed by atoms with Crippen LogP contribution in [0.2, 0.25) is 5.02 Å². The first-order chi connectivity index (χ1) is 8.52. The minimum atomic E-state index is -0.718. The van der Waals surface area contributed by atoms with Gasteiger partial charge in [-0.2, -0.15) is 0 Å². The summed E-state index contributed by atoms with van der Waals surface area (Å²) in [5.41, 5.74) is 0.975. The van der Waals surface area contributed by atoms with Crippen molar-refractivity contribution in [1.82, 2.24) is 4.90 Å². The number of benzene rings is 1. The molecule has 1 fully saturated rings. The summed E-state index contributed by atoms with van der Waals surface area (Å²) < 4.78 is 5.27. The van der Waals surface area contributed by atoms with E-state index in [-0.39, 0.29) is 12.0 Å². The number of aliphatic carboxylic acids is 1. The molecule has 0 radical (unpaired) electrons. The molecule has 0 spiro atoms. The van der Waals surface area contributed by atoms with Crippen molar-refractivity contribution in [3.63, 3.8) is 0 Å². The highest BCUT2D eigenvalue weighted by Gasteiger charge is 2.45. The fourth-order valence-electron chi connectivity index (χ4n) is 2.19. The van der Waals surface area contributed by atoms with Gasteiger partial charge in [-0.3, -0.25) is 9.69 Å². The standard InChI is InChI=1S/C13H16ClNO3/c1-15(11-6-10(11)13(16)17)7-8-5-9(14)3-4-12(8)18-2/h3-5,10-11H,6-7H2,1-2H3,(H,16,17). The van der Waals surface area contributed by atoms with E-state index in [0.717, 1.165) is 11.3 Å². The van der Waals surface area contributed by atoms with E-state index in [1.54, 1.807) is 13.2 Å². The summed E-state index contributed by atoms with van der Waals surface area (Å²) in [5.74, 6) is -0.177. The molecular formula is C13H16ClNO3. The number of rotatable bonds is 5. The van der Waals surface area contributed by atoms with Gasteiger partial charge in [-0.05, 0) is 31.7 Å². The van der Waals surface area contributed by atoms with Crippen LogP contribution >= 0.6 is 11.6 Å². The van der Waals surface area contributed by atoms with Crippen molar-refractivity contribution in [2.75, 3.05) is 14.2 Å². The summed E-state index contributed by atoms with van der Waals surface area (Å²) in [4.78, 5) is 12.9. The highest BCUT2D eigenvalue weighted by molar-refractivity contribution is 6.30.